The van der Waals surface area contributed by atoms with Crippen LogP contribution in [-0.4, -0.2) is 5.78 Å². The molecule has 0 radical (unpaired) electrons. The zero-order chi connectivity index (χ0) is 19.3. The largest absolute Gasteiger partial charge is 0.294 e. The van der Waals surface area contributed by atoms with Crippen molar-refractivity contribution in [1.29, 1.82) is 0 Å². The molecule has 1 atom stereocenters. The third-order valence-electron chi connectivity index (χ3n) is 5.47. The van der Waals surface area contributed by atoms with Gasteiger partial charge in [-0.25, -0.2) is 0 Å². The Labute approximate surface area is 166 Å². The number of ketones is 1. The Hall–Kier alpha value is -1.89. The van der Waals surface area contributed by atoms with Crippen molar-refractivity contribution in [3.63, 3.8) is 0 Å². The molecule has 0 heterocycles. The first-order chi connectivity index (χ1) is 13.2. The van der Waals surface area contributed by atoms with Crippen LogP contribution < -0.4 is 0 Å². The van der Waals surface area contributed by atoms with Gasteiger partial charge in [0, 0.05) is 12.0 Å². The highest BCUT2D eigenvalue weighted by atomic mass is 16.1. The standard InChI is InChI=1S/C26H36O/c1-3-5-6-7-8-9-11-15-23-19-18-22(20-25(23)14-4-2)21-26(27)24-16-12-10-13-17-24/h4,10-17,22H,3,5-9,18-21H2,1-2H3/b14-4-,15-11+/t22-/m0/s1. The number of hydrogen-bond acceptors (Lipinski definition) is 1. The zero-order valence-corrected chi connectivity index (χ0v) is 17.3. The fraction of sp³-hybridized carbons (Fsp3) is 0.500. The lowest BCUT2D eigenvalue weighted by Gasteiger charge is -2.24. The van der Waals surface area contributed by atoms with E-state index in [1.54, 1.807) is 0 Å². The molecule has 0 unspecified atom stereocenters. The number of carbonyl (C=O) groups is 1. The van der Waals surface area contributed by atoms with E-state index in [4.69, 9.17) is 0 Å². The maximum absolute atomic E-state index is 12.5. The monoisotopic (exact) mass is 364 g/mol. The van der Waals surface area contributed by atoms with Crippen molar-refractivity contribution in [2.24, 2.45) is 5.92 Å². The van der Waals surface area contributed by atoms with E-state index < -0.39 is 0 Å². The summed E-state index contributed by atoms with van der Waals surface area (Å²) < 4.78 is 0. The Balaban J connectivity index is 1.88. The summed E-state index contributed by atoms with van der Waals surface area (Å²) in [6, 6.07) is 9.73. The lowest BCUT2D eigenvalue weighted by Crippen LogP contribution is -2.14. The fourth-order valence-corrected chi connectivity index (χ4v) is 3.90. The molecule has 0 saturated heterocycles. The lowest BCUT2D eigenvalue weighted by atomic mass is 9.80. The Bertz CT molecular complexity index is 648. The van der Waals surface area contributed by atoms with Gasteiger partial charge < -0.3 is 0 Å². The minimum atomic E-state index is 0.284. The molecule has 0 fully saturated rings. The van der Waals surface area contributed by atoms with Crippen molar-refractivity contribution in [2.45, 2.75) is 78.1 Å². The van der Waals surface area contributed by atoms with E-state index in [0.717, 1.165) is 24.8 Å². The van der Waals surface area contributed by atoms with Gasteiger partial charge in [-0.1, -0.05) is 87.2 Å². The van der Waals surface area contributed by atoms with Crippen LogP contribution >= 0.6 is 0 Å². The molecular formula is C26H36O. The predicted octanol–water partition coefficient (Wildman–Crippen LogP) is 7.85. The highest BCUT2D eigenvalue weighted by molar-refractivity contribution is 5.96. The minimum Gasteiger partial charge on any atom is -0.294 e. The second-order valence-electron chi connectivity index (χ2n) is 7.76. The van der Waals surface area contributed by atoms with Gasteiger partial charge in [-0.15, -0.1) is 0 Å². The molecule has 0 aromatic heterocycles. The lowest BCUT2D eigenvalue weighted by molar-refractivity contribution is 0.0957. The number of unbranched alkanes of at least 4 members (excludes halogenated alkanes) is 5. The van der Waals surface area contributed by atoms with Gasteiger partial charge in [-0.2, -0.15) is 0 Å². The quantitative estimate of drug-likeness (QED) is 0.288. The Morgan fingerprint density at radius 2 is 1.81 bits per heavy atom. The second-order valence-corrected chi connectivity index (χ2v) is 7.76. The second kappa shape index (κ2) is 12.5. The van der Waals surface area contributed by atoms with Crippen molar-refractivity contribution in [2.75, 3.05) is 0 Å². The maximum Gasteiger partial charge on any atom is 0.163 e. The third-order valence-corrected chi connectivity index (χ3v) is 5.47. The number of rotatable bonds is 11. The highest BCUT2D eigenvalue weighted by Crippen LogP contribution is 2.33. The summed E-state index contributed by atoms with van der Waals surface area (Å²) in [7, 11) is 0. The van der Waals surface area contributed by atoms with Gasteiger partial charge in [0.15, 0.2) is 5.78 Å². The Morgan fingerprint density at radius 3 is 2.56 bits per heavy atom. The average Bonchev–Trinajstić information content (AvgIpc) is 2.69. The van der Waals surface area contributed by atoms with Crippen molar-refractivity contribution in [3.05, 3.63) is 71.3 Å². The molecule has 0 spiro atoms. The van der Waals surface area contributed by atoms with Gasteiger partial charge in [0.05, 0.1) is 0 Å². The normalized spacial score (nSPS) is 17.9. The molecule has 1 aliphatic rings. The van der Waals surface area contributed by atoms with Gasteiger partial charge in [0.1, 0.15) is 0 Å². The Morgan fingerprint density at radius 1 is 1.04 bits per heavy atom. The van der Waals surface area contributed by atoms with Crippen molar-refractivity contribution >= 4 is 5.78 Å². The molecule has 1 nitrogen and oxygen atoms in total. The fourth-order valence-electron chi connectivity index (χ4n) is 3.90. The molecule has 1 aliphatic carbocycles. The smallest absolute Gasteiger partial charge is 0.163 e. The first kappa shape index (κ1) is 21.4. The van der Waals surface area contributed by atoms with Crippen LogP contribution in [0.4, 0.5) is 0 Å². The van der Waals surface area contributed by atoms with E-state index in [2.05, 4.69) is 38.2 Å². The van der Waals surface area contributed by atoms with Gasteiger partial charge in [0.2, 0.25) is 0 Å². The summed E-state index contributed by atoms with van der Waals surface area (Å²) >= 11 is 0. The summed E-state index contributed by atoms with van der Waals surface area (Å²) in [4.78, 5) is 12.5. The van der Waals surface area contributed by atoms with Crippen LogP contribution in [0.15, 0.2) is 65.8 Å². The molecule has 0 N–H and O–H groups in total. The molecule has 0 aliphatic heterocycles. The molecule has 0 amide bonds. The zero-order valence-electron chi connectivity index (χ0n) is 17.3. The van der Waals surface area contributed by atoms with Gasteiger partial charge >= 0.3 is 0 Å². The van der Waals surface area contributed by atoms with E-state index in [-0.39, 0.29) is 5.78 Å². The summed E-state index contributed by atoms with van der Waals surface area (Å²) in [6.45, 7) is 4.35. The molecule has 1 aromatic rings. The highest BCUT2D eigenvalue weighted by Gasteiger charge is 2.21. The summed E-state index contributed by atoms with van der Waals surface area (Å²) in [6.07, 6.45) is 20.9. The van der Waals surface area contributed by atoms with Crippen LogP contribution in [0.2, 0.25) is 0 Å². The maximum atomic E-state index is 12.5. The first-order valence-electron chi connectivity index (χ1n) is 10.8. The van der Waals surface area contributed by atoms with E-state index >= 15 is 0 Å². The molecule has 1 aromatic carbocycles. The topological polar surface area (TPSA) is 17.1 Å². The van der Waals surface area contributed by atoms with Crippen LogP contribution in [-0.2, 0) is 0 Å². The number of carbonyl (C=O) groups excluding carboxylic acids is 1. The third kappa shape index (κ3) is 7.71. The average molecular weight is 365 g/mol. The van der Waals surface area contributed by atoms with Gasteiger partial charge in [0.25, 0.3) is 0 Å². The van der Waals surface area contributed by atoms with E-state index in [1.165, 1.54) is 49.7 Å². The number of allylic oxidation sites excluding steroid dienone is 6. The van der Waals surface area contributed by atoms with Crippen molar-refractivity contribution in [1.82, 2.24) is 0 Å². The van der Waals surface area contributed by atoms with Crippen LogP contribution in [0.25, 0.3) is 0 Å². The van der Waals surface area contributed by atoms with Crippen LogP contribution in [0.1, 0.15) is 88.4 Å². The Kier molecular flexibility index (Phi) is 9.90. The van der Waals surface area contributed by atoms with Crippen molar-refractivity contribution in [3.8, 4) is 0 Å². The number of benzene rings is 1. The van der Waals surface area contributed by atoms with Crippen LogP contribution in [0.3, 0.4) is 0 Å². The van der Waals surface area contributed by atoms with Crippen molar-refractivity contribution < 1.29 is 4.79 Å². The SMILES string of the molecule is C/C=C\C1=C(/C=C/CCCCCCC)CC[C@H](CC(=O)c2ccccc2)C1. The molecule has 0 bridgehead atoms. The molecular weight excluding hydrogens is 328 g/mol. The van der Waals surface area contributed by atoms with E-state index in [9.17, 15) is 4.79 Å². The van der Waals surface area contributed by atoms with Crippen LogP contribution in [0.5, 0.6) is 0 Å². The van der Waals surface area contributed by atoms with Crippen LogP contribution in [0, 0.1) is 5.92 Å². The number of hydrogen-bond donors (Lipinski definition) is 0. The summed E-state index contributed by atoms with van der Waals surface area (Å²) in [5, 5.41) is 0. The summed E-state index contributed by atoms with van der Waals surface area (Å²) in [5.41, 5.74) is 3.75. The molecule has 1 heteroatoms. The molecule has 146 valence electrons. The minimum absolute atomic E-state index is 0.284. The first-order valence-corrected chi connectivity index (χ1v) is 10.8. The number of Topliss-reactive ketones (excluding diaryl/α,β-unsaturated/α-hetero) is 1. The van der Waals surface area contributed by atoms with Gasteiger partial charge in [-0.3, -0.25) is 4.79 Å². The van der Waals surface area contributed by atoms with Gasteiger partial charge in [-0.05, 0) is 56.1 Å². The van der Waals surface area contributed by atoms with E-state index in [0.29, 0.717) is 12.3 Å². The molecule has 27 heavy (non-hydrogen) atoms. The summed E-state index contributed by atoms with van der Waals surface area (Å²) in [5.74, 6) is 0.751. The molecule has 0 saturated carbocycles. The predicted molar refractivity (Wildman–Crippen MR) is 117 cm³/mol. The van der Waals surface area contributed by atoms with E-state index in [1.807, 2.05) is 30.3 Å². The molecule has 2 rings (SSSR count).